The summed E-state index contributed by atoms with van der Waals surface area (Å²) < 4.78 is 6.70. The van der Waals surface area contributed by atoms with Gasteiger partial charge >= 0.3 is 6.03 Å². The molecule has 0 unspecified atom stereocenters. The fourth-order valence-electron chi connectivity index (χ4n) is 3.07. The van der Waals surface area contributed by atoms with Crippen molar-refractivity contribution in [3.8, 4) is 0 Å². The van der Waals surface area contributed by atoms with Crippen LogP contribution in [0.15, 0.2) is 9.95 Å². The first-order chi connectivity index (χ1) is 13.0. The zero-order valence-corrected chi connectivity index (χ0v) is 16.9. The van der Waals surface area contributed by atoms with Gasteiger partial charge in [0.2, 0.25) is 5.91 Å². The highest BCUT2D eigenvalue weighted by Gasteiger charge is 2.22. The zero-order chi connectivity index (χ0) is 19.4. The van der Waals surface area contributed by atoms with E-state index in [0.717, 1.165) is 47.8 Å². The molecule has 2 aromatic rings. The van der Waals surface area contributed by atoms with Gasteiger partial charge in [-0.2, -0.15) is 0 Å². The predicted octanol–water partition coefficient (Wildman–Crippen LogP) is 1.53. The van der Waals surface area contributed by atoms with Gasteiger partial charge in [0.25, 0.3) is 5.56 Å². The van der Waals surface area contributed by atoms with Crippen molar-refractivity contribution in [1.29, 1.82) is 0 Å². The Morgan fingerprint density at radius 1 is 1.33 bits per heavy atom. The Hall–Kier alpha value is -1.91. The van der Waals surface area contributed by atoms with Gasteiger partial charge in [0.1, 0.15) is 4.83 Å². The van der Waals surface area contributed by atoms with Gasteiger partial charge in [-0.3, -0.25) is 19.5 Å². The van der Waals surface area contributed by atoms with Crippen LogP contribution in [0.4, 0.5) is 4.79 Å². The van der Waals surface area contributed by atoms with Crippen molar-refractivity contribution in [3.05, 3.63) is 20.8 Å². The molecule has 1 aliphatic carbocycles. The highest BCUT2D eigenvalue weighted by Crippen LogP contribution is 2.34. The van der Waals surface area contributed by atoms with E-state index in [1.54, 1.807) is 23.0 Å². The minimum atomic E-state index is -0.563. The summed E-state index contributed by atoms with van der Waals surface area (Å²) in [6, 6.07) is -0.563. The van der Waals surface area contributed by atoms with Crippen molar-refractivity contribution in [3.63, 3.8) is 0 Å². The van der Waals surface area contributed by atoms with Crippen LogP contribution in [0.5, 0.6) is 0 Å². The van der Waals surface area contributed by atoms with Crippen molar-refractivity contribution in [2.24, 2.45) is 0 Å². The molecule has 3 amide bonds. The number of nitrogens with one attached hydrogen (secondary N) is 2. The number of carbonyl (C=O) groups is 2. The number of ether oxygens (including phenoxy) is 1. The Kier molecular flexibility index (Phi) is 6.51. The molecule has 0 spiro atoms. The van der Waals surface area contributed by atoms with E-state index in [-0.39, 0.29) is 11.3 Å². The highest BCUT2D eigenvalue weighted by molar-refractivity contribution is 7.99. The average molecular weight is 411 g/mol. The van der Waals surface area contributed by atoms with Gasteiger partial charge in [-0.25, -0.2) is 9.78 Å². The molecule has 0 radical (unpaired) electrons. The second-order valence-corrected chi connectivity index (χ2v) is 8.18. The van der Waals surface area contributed by atoms with E-state index < -0.39 is 11.9 Å². The number of thioether (sulfide) groups is 1. The molecule has 1 aliphatic rings. The summed E-state index contributed by atoms with van der Waals surface area (Å²) in [7, 11) is 3.01. The number of rotatable bonds is 6. The molecule has 0 aliphatic heterocycles. The van der Waals surface area contributed by atoms with Crippen LogP contribution in [0.1, 0.15) is 23.3 Å². The normalized spacial score (nSPS) is 13.4. The third-order valence-corrected chi connectivity index (χ3v) is 6.53. The Labute approximate surface area is 164 Å². The maximum atomic E-state index is 13.2. The molecule has 0 aromatic carbocycles. The van der Waals surface area contributed by atoms with E-state index in [9.17, 15) is 14.4 Å². The number of nitrogens with zero attached hydrogens (tertiary/aromatic N) is 2. The van der Waals surface area contributed by atoms with Crippen molar-refractivity contribution in [2.75, 3.05) is 26.5 Å². The van der Waals surface area contributed by atoms with Gasteiger partial charge < -0.3 is 10.1 Å². The molecule has 10 heteroatoms. The number of aromatic nitrogens is 2. The first-order valence-corrected chi connectivity index (χ1v) is 10.5. The fraction of sp³-hybridized carbons (Fsp3) is 0.529. The van der Waals surface area contributed by atoms with E-state index in [4.69, 9.17) is 4.74 Å². The summed E-state index contributed by atoms with van der Waals surface area (Å²) in [5.74, 6) is -0.457. The molecule has 8 nitrogen and oxygen atoms in total. The lowest BCUT2D eigenvalue weighted by Crippen LogP contribution is -2.38. The van der Waals surface area contributed by atoms with Gasteiger partial charge in [0.15, 0.2) is 5.16 Å². The van der Waals surface area contributed by atoms with Crippen molar-refractivity contribution in [1.82, 2.24) is 20.2 Å². The number of carbonyl (C=O) groups excluding carboxylic acids is 2. The first kappa shape index (κ1) is 19.8. The van der Waals surface area contributed by atoms with E-state index in [2.05, 4.69) is 15.6 Å². The van der Waals surface area contributed by atoms with E-state index in [1.165, 1.54) is 11.9 Å². The summed E-state index contributed by atoms with van der Waals surface area (Å²) in [4.78, 5) is 42.9. The molecule has 2 heterocycles. The number of amides is 3. The number of imide groups is 1. The van der Waals surface area contributed by atoms with Gasteiger partial charge in [0, 0.05) is 19.0 Å². The Morgan fingerprint density at radius 2 is 2.11 bits per heavy atom. The minimum absolute atomic E-state index is 0.0105. The van der Waals surface area contributed by atoms with Crippen LogP contribution < -0.4 is 16.2 Å². The fourth-order valence-corrected chi connectivity index (χ4v) is 5.19. The third-order valence-electron chi connectivity index (χ3n) is 4.37. The zero-order valence-electron chi connectivity index (χ0n) is 15.3. The molecule has 0 saturated carbocycles. The molecule has 27 heavy (non-hydrogen) atoms. The topological polar surface area (TPSA) is 102 Å². The Bertz CT molecular complexity index is 922. The first-order valence-electron chi connectivity index (χ1n) is 8.73. The number of hydrogen-bond donors (Lipinski definition) is 2. The lowest BCUT2D eigenvalue weighted by atomic mass is 9.97. The minimum Gasteiger partial charge on any atom is -0.383 e. The van der Waals surface area contributed by atoms with Crippen LogP contribution in [-0.2, 0) is 28.9 Å². The summed E-state index contributed by atoms with van der Waals surface area (Å²) in [6.45, 7) is 0.736. The van der Waals surface area contributed by atoms with Gasteiger partial charge in [0.05, 0.1) is 24.3 Å². The number of fused-ring (bicyclic) bond motifs is 3. The lowest BCUT2D eigenvalue weighted by molar-refractivity contribution is -0.117. The molecule has 146 valence electrons. The molecule has 3 rings (SSSR count). The van der Waals surface area contributed by atoms with Crippen LogP contribution in [0.2, 0.25) is 0 Å². The third kappa shape index (κ3) is 4.33. The van der Waals surface area contributed by atoms with Crippen molar-refractivity contribution >= 4 is 45.3 Å². The van der Waals surface area contributed by atoms with Crippen LogP contribution in [-0.4, -0.2) is 48.0 Å². The highest BCUT2D eigenvalue weighted by atomic mass is 32.2. The monoisotopic (exact) mass is 410 g/mol. The second kappa shape index (κ2) is 8.85. The SMILES string of the molecule is CNC(=O)NC(=O)CSc1nc2sc3c(c2c(=O)n1CCOC)CCCC3. The van der Waals surface area contributed by atoms with Gasteiger partial charge in [-0.1, -0.05) is 11.8 Å². The van der Waals surface area contributed by atoms with Gasteiger partial charge in [-0.15, -0.1) is 11.3 Å². The van der Waals surface area contributed by atoms with Crippen LogP contribution in [0.25, 0.3) is 10.2 Å². The van der Waals surface area contributed by atoms with Crippen LogP contribution in [0.3, 0.4) is 0 Å². The van der Waals surface area contributed by atoms with E-state index >= 15 is 0 Å². The number of thiophene rings is 1. The lowest BCUT2D eigenvalue weighted by Gasteiger charge is -2.13. The molecule has 0 fully saturated rings. The van der Waals surface area contributed by atoms with Crippen LogP contribution >= 0.6 is 23.1 Å². The van der Waals surface area contributed by atoms with E-state index in [1.807, 2.05) is 0 Å². The summed E-state index contributed by atoms with van der Waals surface area (Å²) in [5, 5.41) is 5.72. The Balaban J connectivity index is 1.94. The standard InChI is InChI=1S/C17H22N4O4S2/c1-18-16(24)19-12(22)9-26-17-20-14-13(15(23)21(17)7-8-25-2)10-5-3-4-6-11(10)27-14/h3-9H2,1-2H3,(H2,18,19,22,24). The molecular weight excluding hydrogens is 388 g/mol. The maximum absolute atomic E-state index is 13.2. The molecule has 2 aromatic heterocycles. The van der Waals surface area contributed by atoms with Gasteiger partial charge in [-0.05, 0) is 31.2 Å². The number of urea groups is 1. The molecule has 0 atom stereocenters. The van der Waals surface area contributed by atoms with Crippen LogP contribution in [0, 0.1) is 0 Å². The summed E-state index contributed by atoms with van der Waals surface area (Å²) in [6.07, 6.45) is 4.13. The maximum Gasteiger partial charge on any atom is 0.321 e. The molecule has 0 saturated heterocycles. The van der Waals surface area contributed by atoms with E-state index in [0.29, 0.717) is 23.7 Å². The summed E-state index contributed by atoms with van der Waals surface area (Å²) >= 11 is 2.72. The smallest absolute Gasteiger partial charge is 0.321 e. The largest absolute Gasteiger partial charge is 0.383 e. The number of hydrogen-bond acceptors (Lipinski definition) is 7. The van der Waals surface area contributed by atoms with Crippen molar-refractivity contribution in [2.45, 2.75) is 37.4 Å². The number of methoxy groups -OCH3 is 1. The number of aryl methyl sites for hydroxylation is 2. The summed E-state index contributed by atoms with van der Waals surface area (Å²) in [5.41, 5.74) is 1.06. The predicted molar refractivity (Wildman–Crippen MR) is 106 cm³/mol. The molecular formula is C17H22N4O4S2. The Morgan fingerprint density at radius 3 is 2.85 bits per heavy atom. The quantitative estimate of drug-likeness (QED) is 0.553. The molecule has 2 N–H and O–H groups in total. The second-order valence-electron chi connectivity index (χ2n) is 6.15. The van der Waals surface area contributed by atoms with Crippen molar-refractivity contribution < 1.29 is 14.3 Å². The average Bonchev–Trinajstić information content (AvgIpc) is 3.04. The molecule has 0 bridgehead atoms.